The van der Waals surface area contributed by atoms with Crippen molar-refractivity contribution < 1.29 is 9.53 Å². The number of methoxy groups -OCH3 is 1. The molecule has 0 aliphatic heterocycles. The molecule has 0 spiro atoms. The highest BCUT2D eigenvalue weighted by atomic mass is 32.1. The molecule has 1 aromatic heterocycles. The second-order valence-corrected chi connectivity index (χ2v) is 10.2. The Morgan fingerprint density at radius 3 is 2.28 bits per heavy atom. The number of aromatic nitrogens is 1. The Kier molecular flexibility index (Phi) is 7.56. The molecule has 6 heteroatoms. The highest BCUT2D eigenvalue weighted by Gasteiger charge is 2.21. The lowest BCUT2D eigenvalue weighted by Gasteiger charge is -2.23. The summed E-state index contributed by atoms with van der Waals surface area (Å²) >= 11 is 1.65. The van der Waals surface area contributed by atoms with E-state index >= 15 is 0 Å². The van der Waals surface area contributed by atoms with E-state index < -0.39 is 0 Å². The first kappa shape index (κ1) is 23.8. The Morgan fingerprint density at radius 2 is 1.75 bits per heavy atom. The third-order valence-electron chi connectivity index (χ3n) is 5.10. The van der Waals surface area contributed by atoms with Gasteiger partial charge < -0.3 is 15.0 Å². The van der Waals surface area contributed by atoms with Gasteiger partial charge in [0.2, 0.25) is 0 Å². The summed E-state index contributed by atoms with van der Waals surface area (Å²) in [5, 5.41) is 6.04. The first-order chi connectivity index (χ1) is 15.2. The third-order valence-corrected chi connectivity index (χ3v) is 5.97. The lowest BCUT2D eigenvalue weighted by molar-refractivity contribution is 0.0949. The summed E-state index contributed by atoms with van der Waals surface area (Å²) in [6, 6.07) is 15.8. The molecule has 2 aromatic carbocycles. The van der Waals surface area contributed by atoms with Crippen molar-refractivity contribution in [2.24, 2.45) is 5.92 Å². The fourth-order valence-electron chi connectivity index (χ4n) is 3.11. The lowest BCUT2D eigenvalue weighted by Crippen LogP contribution is -2.27. The maximum absolute atomic E-state index is 12.3. The van der Waals surface area contributed by atoms with Crippen molar-refractivity contribution in [3.05, 3.63) is 70.7 Å². The van der Waals surface area contributed by atoms with Crippen LogP contribution in [-0.4, -0.2) is 24.5 Å². The monoisotopic (exact) mass is 451 g/mol. The van der Waals surface area contributed by atoms with Crippen molar-refractivity contribution in [3.63, 3.8) is 0 Å². The molecule has 0 atom stereocenters. The number of carbonyl (C=O) groups excluding carboxylic acids is 1. The Labute approximate surface area is 195 Å². The summed E-state index contributed by atoms with van der Waals surface area (Å²) in [6.07, 6.45) is 0. The molecule has 5 nitrogen and oxygen atoms in total. The van der Waals surface area contributed by atoms with Crippen LogP contribution in [-0.2, 0) is 12.0 Å². The van der Waals surface area contributed by atoms with Gasteiger partial charge in [-0.15, -0.1) is 11.3 Å². The van der Waals surface area contributed by atoms with Gasteiger partial charge in [0.15, 0.2) is 5.13 Å². The van der Waals surface area contributed by atoms with E-state index in [0.29, 0.717) is 24.6 Å². The second kappa shape index (κ2) is 10.2. The van der Waals surface area contributed by atoms with Gasteiger partial charge in [0.1, 0.15) is 5.75 Å². The van der Waals surface area contributed by atoms with Gasteiger partial charge in [-0.3, -0.25) is 4.79 Å². The first-order valence-electron chi connectivity index (χ1n) is 10.9. The van der Waals surface area contributed by atoms with Crippen LogP contribution in [0.15, 0.2) is 53.9 Å². The van der Waals surface area contributed by atoms with Gasteiger partial charge >= 0.3 is 0 Å². The van der Waals surface area contributed by atoms with E-state index in [1.165, 1.54) is 0 Å². The predicted octanol–water partition coefficient (Wildman–Crippen LogP) is 6.17. The summed E-state index contributed by atoms with van der Waals surface area (Å²) in [5.41, 5.74) is 3.89. The Bertz CT molecular complexity index is 1020. The fraction of sp³-hybridized carbons (Fsp3) is 0.385. The standard InChI is InChI=1S/C26H33N3O2S/c1-18(2)15-27-24(30)20-9-7-19(8-10-20)16-29(21-11-13-22(31-6)14-12-21)25-28-23(17-32-25)26(3,4)5/h7-14,17-18H,15-16H2,1-6H3,(H,27,30). The highest BCUT2D eigenvalue weighted by molar-refractivity contribution is 7.13. The Hall–Kier alpha value is -2.86. The van der Waals surface area contributed by atoms with Crippen molar-refractivity contribution in [2.45, 2.75) is 46.6 Å². The molecule has 0 saturated heterocycles. The van der Waals surface area contributed by atoms with E-state index in [2.05, 4.69) is 50.2 Å². The SMILES string of the molecule is COc1ccc(N(Cc2ccc(C(=O)NCC(C)C)cc2)c2nc(C(C)(C)C)cs2)cc1. The topological polar surface area (TPSA) is 54.5 Å². The van der Waals surface area contributed by atoms with Crippen LogP contribution in [0.5, 0.6) is 5.75 Å². The minimum absolute atomic E-state index is 0.00861. The summed E-state index contributed by atoms with van der Waals surface area (Å²) < 4.78 is 5.32. The number of hydrogen-bond donors (Lipinski definition) is 1. The van der Waals surface area contributed by atoms with Crippen LogP contribution in [0.1, 0.15) is 56.2 Å². The van der Waals surface area contributed by atoms with E-state index in [9.17, 15) is 4.79 Å². The van der Waals surface area contributed by atoms with E-state index in [1.54, 1.807) is 18.4 Å². The molecule has 1 amide bonds. The molecule has 170 valence electrons. The Balaban J connectivity index is 1.85. The number of thiazole rings is 1. The third kappa shape index (κ3) is 6.10. The van der Waals surface area contributed by atoms with E-state index in [4.69, 9.17) is 9.72 Å². The number of ether oxygens (including phenoxy) is 1. The first-order valence-corrected chi connectivity index (χ1v) is 11.8. The second-order valence-electron chi connectivity index (χ2n) is 9.35. The molecule has 0 radical (unpaired) electrons. The van der Waals surface area contributed by atoms with E-state index in [-0.39, 0.29) is 11.3 Å². The van der Waals surface area contributed by atoms with Crippen LogP contribution in [0.4, 0.5) is 10.8 Å². The van der Waals surface area contributed by atoms with Gasteiger partial charge in [-0.1, -0.05) is 46.8 Å². The quantitative estimate of drug-likeness (QED) is 0.445. The minimum atomic E-state index is -0.0352. The maximum Gasteiger partial charge on any atom is 0.251 e. The summed E-state index contributed by atoms with van der Waals surface area (Å²) in [6.45, 7) is 12.0. The number of nitrogens with zero attached hydrogens (tertiary/aromatic N) is 2. The molecule has 3 rings (SSSR count). The van der Waals surface area contributed by atoms with Crippen LogP contribution in [0.25, 0.3) is 0 Å². The number of hydrogen-bond acceptors (Lipinski definition) is 5. The number of amides is 1. The number of carbonyl (C=O) groups is 1. The molecule has 0 saturated carbocycles. The summed E-state index contributed by atoms with van der Waals surface area (Å²) in [5.74, 6) is 1.21. The molecular formula is C26H33N3O2S. The normalized spacial score (nSPS) is 11.5. The van der Waals surface area contributed by atoms with Crippen LogP contribution >= 0.6 is 11.3 Å². The molecule has 0 fully saturated rings. The van der Waals surface area contributed by atoms with Gasteiger partial charge in [0, 0.05) is 28.6 Å². The molecule has 1 heterocycles. The smallest absolute Gasteiger partial charge is 0.251 e. The molecule has 0 aliphatic carbocycles. The molecule has 3 aromatic rings. The molecular weight excluding hydrogens is 418 g/mol. The van der Waals surface area contributed by atoms with Gasteiger partial charge in [-0.05, 0) is 47.9 Å². The van der Waals surface area contributed by atoms with Gasteiger partial charge in [-0.2, -0.15) is 0 Å². The van der Waals surface area contributed by atoms with Crippen molar-refractivity contribution in [2.75, 3.05) is 18.6 Å². The van der Waals surface area contributed by atoms with E-state index in [1.807, 2.05) is 48.5 Å². The molecule has 0 unspecified atom stereocenters. The van der Waals surface area contributed by atoms with Crippen LogP contribution in [0.2, 0.25) is 0 Å². The van der Waals surface area contributed by atoms with Gasteiger partial charge in [0.25, 0.3) is 5.91 Å². The Morgan fingerprint density at radius 1 is 1.09 bits per heavy atom. The van der Waals surface area contributed by atoms with Gasteiger partial charge in [-0.25, -0.2) is 4.98 Å². The highest BCUT2D eigenvalue weighted by Crippen LogP contribution is 2.34. The zero-order chi connectivity index (χ0) is 23.3. The minimum Gasteiger partial charge on any atom is -0.497 e. The van der Waals surface area contributed by atoms with Gasteiger partial charge in [0.05, 0.1) is 19.3 Å². The average Bonchev–Trinajstić information content (AvgIpc) is 3.27. The molecule has 1 N–H and O–H groups in total. The fourth-order valence-corrected chi connectivity index (χ4v) is 4.18. The number of nitrogens with one attached hydrogen (secondary N) is 1. The van der Waals surface area contributed by atoms with Crippen molar-refractivity contribution >= 4 is 28.1 Å². The number of benzene rings is 2. The molecule has 0 bridgehead atoms. The van der Waals surface area contributed by atoms with Crippen molar-refractivity contribution in [3.8, 4) is 5.75 Å². The number of anilines is 2. The molecule has 32 heavy (non-hydrogen) atoms. The largest absolute Gasteiger partial charge is 0.497 e. The number of rotatable bonds is 8. The zero-order valence-corrected chi connectivity index (χ0v) is 20.6. The van der Waals surface area contributed by atoms with E-state index in [0.717, 1.165) is 27.8 Å². The summed E-state index contributed by atoms with van der Waals surface area (Å²) in [7, 11) is 1.67. The van der Waals surface area contributed by atoms with Crippen LogP contribution in [0, 0.1) is 5.92 Å². The average molecular weight is 452 g/mol. The zero-order valence-electron chi connectivity index (χ0n) is 19.8. The maximum atomic E-state index is 12.3. The van der Waals surface area contributed by atoms with Crippen molar-refractivity contribution in [1.82, 2.24) is 10.3 Å². The van der Waals surface area contributed by atoms with Crippen molar-refractivity contribution in [1.29, 1.82) is 0 Å². The lowest BCUT2D eigenvalue weighted by atomic mass is 9.93. The van der Waals surface area contributed by atoms with Crippen LogP contribution in [0.3, 0.4) is 0 Å². The predicted molar refractivity (Wildman–Crippen MR) is 133 cm³/mol. The molecule has 0 aliphatic rings. The summed E-state index contributed by atoms with van der Waals surface area (Å²) in [4.78, 5) is 19.5. The van der Waals surface area contributed by atoms with Crippen LogP contribution < -0.4 is 15.0 Å².